The van der Waals surface area contributed by atoms with E-state index in [0.717, 1.165) is 24.3 Å². The highest BCUT2D eigenvalue weighted by molar-refractivity contribution is 5.91. The van der Waals surface area contributed by atoms with Crippen molar-refractivity contribution in [1.82, 2.24) is 10.2 Å². The van der Waals surface area contributed by atoms with Gasteiger partial charge >= 0.3 is 6.18 Å². The zero-order valence-electron chi connectivity index (χ0n) is 12.7. The van der Waals surface area contributed by atoms with Crippen LogP contribution in [-0.4, -0.2) is 43.2 Å². The second kappa shape index (κ2) is 7.74. The summed E-state index contributed by atoms with van der Waals surface area (Å²) in [6.07, 6.45) is -1.64. The molecular weight excluding hydrogens is 331 g/mol. The zero-order valence-corrected chi connectivity index (χ0v) is 12.7. The largest absolute Gasteiger partial charge is 0.401 e. The smallest absolute Gasteiger partial charge is 0.352 e. The molecule has 0 radical (unpaired) electrons. The lowest BCUT2D eigenvalue weighted by molar-refractivity contribution is -0.143. The van der Waals surface area contributed by atoms with Crippen molar-refractivity contribution < 1.29 is 26.7 Å². The Balaban J connectivity index is 1.79. The third-order valence-corrected chi connectivity index (χ3v) is 3.74. The van der Waals surface area contributed by atoms with Crippen LogP contribution in [-0.2, 0) is 4.79 Å². The molecule has 1 amide bonds. The maximum atomic E-state index is 13.4. The number of alkyl halides is 3. The molecule has 0 aromatic heterocycles. The van der Waals surface area contributed by atoms with Gasteiger partial charge in [0, 0.05) is 24.7 Å². The fourth-order valence-corrected chi connectivity index (χ4v) is 2.61. The Labute approximate surface area is 136 Å². The minimum atomic E-state index is -4.23. The van der Waals surface area contributed by atoms with E-state index in [-0.39, 0.29) is 24.6 Å². The van der Waals surface area contributed by atoms with E-state index in [0.29, 0.717) is 13.0 Å². The number of halogens is 5. The lowest BCUT2D eigenvalue weighted by Crippen LogP contribution is -2.34. The summed E-state index contributed by atoms with van der Waals surface area (Å²) in [6, 6.07) is 3.37. The van der Waals surface area contributed by atoms with Gasteiger partial charge in [-0.3, -0.25) is 9.69 Å². The average molecular weight is 348 g/mol. The summed E-state index contributed by atoms with van der Waals surface area (Å²) < 4.78 is 63.7. The number of carbonyl (C=O) groups excluding carboxylic acids is 1. The van der Waals surface area contributed by atoms with E-state index in [1.165, 1.54) is 11.0 Å². The van der Waals surface area contributed by atoms with Gasteiger partial charge < -0.3 is 5.32 Å². The van der Waals surface area contributed by atoms with E-state index in [9.17, 15) is 26.7 Å². The molecule has 3 nitrogen and oxygen atoms in total. The maximum absolute atomic E-state index is 13.4. The van der Waals surface area contributed by atoms with E-state index >= 15 is 0 Å². The SMILES string of the molecule is O=C(C=Cc1c(F)cccc1F)NCC1CCN(CC(F)(F)F)C1. The molecule has 2 rings (SSSR count). The monoisotopic (exact) mass is 348 g/mol. The van der Waals surface area contributed by atoms with Crippen molar-refractivity contribution in [2.75, 3.05) is 26.2 Å². The van der Waals surface area contributed by atoms with E-state index in [2.05, 4.69) is 5.32 Å². The first-order valence-corrected chi connectivity index (χ1v) is 7.43. The molecule has 1 aromatic carbocycles. The number of hydrogen-bond acceptors (Lipinski definition) is 2. The number of nitrogens with zero attached hydrogens (tertiary/aromatic N) is 1. The Kier molecular flexibility index (Phi) is 5.93. The molecule has 1 aliphatic rings. The quantitative estimate of drug-likeness (QED) is 0.655. The number of benzene rings is 1. The van der Waals surface area contributed by atoms with Crippen LogP contribution in [0.2, 0.25) is 0 Å². The van der Waals surface area contributed by atoms with Gasteiger partial charge in [0.15, 0.2) is 0 Å². The second-order valence-corrected chi connectivity index (χ2v) is 5.72. The molecule has 24 heavy (non-hydrogen) atoms. The Hall–Kier alpha value is -1.96. The summed E-state index contributed by atoms with van der Waals surface area (Å²) in [5.41, 5.74) is -0.315. The van der Waals surface area contributed by atoms with Crippen molar-refractivity contribution in [3.05, 3.63) is 41.5 Å². The summed E-state index contributed by atoms with van der Waals surface area (Å²) in [5.74, 6) is -2.18. The van der Waals surface area contributed by atoms with Crippen molar-refractivity contribution in [2.24, 2.45) is 5.92 Å². The molecule has 0 saturated carbocycles. The molecule has 0 aliphatic carbocycles. The molecule has 1 atom stereocenters. The van der Waals surface area contributed by atoms with Crippen molar-refractivity contribution in [3.63, 3.8) is 0 Å². The number of carbonyl (C=O) groups is 1. The molecule has 1 aliphatic heterocycles. The van der Waals surface area contributed by atoms with Crippen molar-refractivity contribution in [3.8, 4) is 0 Å². The summed E-state index contributed by atoms with van der Waals surface area (Å²) in [7, 11) is 0. The molecule has 1 N–H and O–H groups in total. The van der Waals surface area contributed by atoms with E-state index in [1.54, 1.807) is 0 Å². The summed E-state index contributed by atoms with van der Waals surface area (Å²) >= 11 is 0. The van der Waals surface area contributed by atoms with Crippen LogP contribution in [0.25, 0.3) is 6.08 Å². The lowest BCUT2D eigenvalue weighted by Gasteiger charge is -2.17. The van der Waals surface area contributed by atoms with Crippen LogP contribution in [0.1, 0.15) is 12.0 Å². The van der Waals surface area contributed by atoms with Crippen molar-refractivity contribution in [1.29, 1.82) is 0 Å². The van der Waals surface area contributed by atoms with E-state index < -0.39 is 30.3 Å². The Morgan fingerprint density at radius 3 is 2.58 bits per heavy atom. The number of rotatable bonds is 5. The first kappa shape index (κ1) is 18.4. The lowest BCUT2D eigenvalue weighted by atomic mass is 10.1. The van der Waals surface area contributed by atoms with Crippen LogP contribution in [0.4, 0.5) is 22.0 Å². The highest BCUT2D eigenvalue weighted by Crippen LogP contribution is 2.22. The Morgan fingerprint density at radius 2 is 1.96 bits per heavy atom. The van der Waals surface area contributed by atoms with Crippen LogP contribution in [0.3, 0.4) is 0 Å². The topological polar surface area (TPSA) is 32.3 Å². The molecule has 8 heteroatoms. The molecular formula is C16H17F5N2O. The van der Waals surface area contributed by atoms with E-state index in [4.69, 9.17) is 0 Å². The van der Waals surface area contributed by atoms with Gasteiger partial charge in [0.2, 0.25) is 5.91 Å². The minimum Gasteiger partial charge on any atom is -0.352 e. The summed E-state index contributed by atoms with van der Waals surface area (Å²) in [6.45, 7) is -0.150. The molecule has 1 unspecified atom stereocenters. The van der Waals surface area contributed by atoms with Crippen LogP contribution in [0, 0.1) is 17.6 Å². The van der Waals surface area contributed by atoms with Gasteiger partial charge in [-0.15, -0.1) is 0 Å². The first-order chi connectivity index (χ1) is 11.2. The number of amides is 1. The van der Waals surface area contributed by atoms with Gasteiger partial charge in [0.1, 0.15) is 11.6 Å². The van der Waals surface area contributed by atoms with Gasteiger partial charge in [0.05, 0.1) is 6.54 Å². The first-order valence-electron chi connectivity index (χ1n) is 7.43. The Bertz CT molecular complexity index is 595. The minimum absolute atomic E-state index is 0.0742. The van der Waals surface area contributed by atoms with E-state index in [1.807, 2.05) is 0 Å². The zero-order chi connectivity index (χ0) is 17.7. The maximum Gasteiger partial charge on any atom is 0.401 e. The van der Waals surface area contributed by atoms with Gasteiger partial charge in [-0.05, 0) is 37.1 Å². The third-order valence-electron chi connectivity index (χ3n) is 3.74. The van der Waals surface area contributed by atoms with Gasteiger partial charge in [-0.2, -0.15) is 13.2 Å². The molecule has 1 heterocycles. The van der Waals surface area contributed by atoms with Crippen molar-refractivity contribution in [2.45, 2.75) is 12.6 Å². The molecule has 0 spiro atoms. The van der Waals surface area contributed by atoms with Crippen LogP contribution >= 0.6 is 0 Å². The van der Waals surface area contributed by atoms with Gasteiger partial charge in [-0.1, -0.05) is 6.07 Å². The predicted octanol–water partition coefficient (Wildman–Crippen LogP) is 2.98. The van der Waals surface area contributed by atoms with Crippen LogP contribution in [0.15, 0.2) is 24.3 Å². The summed E-state index contributed by atoms with van der Waals surface area (Å²) in [4.78, 5) is 13.0. The fraction of sp³-hybridized carbons (Fsp3) is 0.438. The fourth-order valence-electron chi connectivity index (χ4n) is 2.61. The number of hydrogen-bond donors (Lipinski definition) is 1. The molecule has 132 valence electrons. The molecule has 1 fully saturated rings. The van der Waals surface area contributed by atoms with Crippen LogP contribution in [0.5, 0.6) is 0 Å². The normalized spacial score (nSPS) is 19.1. The molecule has 0 bridgehead atoms. The third kappa shape index (κ3) is 5.59. The van der Waals surface area contributed by atoms with Gasteiger partial charge in [0.25, 0.3) is 0 Å². The van der Waals surface area contributed by atoms with Crippen molar-refractivity contribution >= 4 is 12.0 Å². The second-order valence-electron chi connectivity index (χ2n) is 5.72. The number of likely N-dealkylation sites (tertiary alicyclic amines) is 1. The molecule has 1 aromatic rings. The summed E-state index contributed by atoms with van der Waals surface area (Å²) in [5, 5.41) is 2.54. The standard InChI is InChI=1S/C16H17F5N2O/c17-13-2-1-3-14(18)12(13)4-5-15(24)22-8-11-6-7-23(9-11)10-16(19,20)21/h1-5,11H,6-10H2,(H,22,24). The van der Waals surface area contributed by atoms with Crippen LogP contribution < -0.4 is 5.32 Å². The molecule has 1 saturated heterocycles. The predicted molar refractivity (Wildman–Crippen MR) is 79.0 cm³/mol. The number of nitrogens with one attached hydrogen (secondary N) is 1. The highest BCUT2D eigenvalue weighted by atomic mass is 19.4. The van der Waals surface area contributed by atoms with Gasteiger partial charge in [-0.25, -0.2) is 8.78 Å². The Morgan fingerprint density at radius 1 is 1.29 bits per heavy atom. The average Bonchev–Trinajstić information content (AvgIpc) is 2.90. The highest BCUT2D eigenvalue weighted by Gasteiger charge is 2.34.